The highest BCUT2D eigenvalue weighted by Crippen LogP contribution is 2.26. The number of thiophene rings is 1. The lowest BCUT2D eigenvalue weighted by molar-refractivity contribution is 0.0737. The first-order valence-corrected chi connectivity index (χ1v) is 11.4. The normalized spacial score (nSPS) is 12.1. The number of hydrogen-bond donors (Lipinski definition) is 0. The van der Waals surface area contributed by atoms with Crippen LogP contribution in [0.2, 0.25) is 0 Å². The van der Waals surface area contributed by atoms with Gasteiger partial charge in [0.1, 0.15) is 5.01 Å². The minimum Gasteiger partial charge on any atom is -0.378 e. The number of aryl methyl sites for hydroxylation is 1. The molecule has 4 heterocycles. The Morgan fingerprint density at radius 3 is 2.81 bits per heavy atom. The molecular weight excluding hydrogens is 432 g/mol. The third-order valence-electron chi connectivity index (χ3n) is 4.88. The molecule has 10 heteroatoms. The first-order chi connectivity index (χ1) is 15.0. The molecule has 4 aromatic rings. The van der Waals surface area contributed by atoms with Gasteiger partial charge in [-0.3, -0.25) is 4.79 Å². The molecule has 1 unspecified atom stereocenters. The molecule has 0 aliphatic rings. The predicted octanol–water partition coefficient (Wildman–Crippen LogP) is 4.14. The van der Waals surface area contributed by atoms with Gasteiger partial charge >= 0.3 is 0 Å². The summed E-state index contributed by atoms with van der Waals surface area (Å²) in [5.74, 6) is 0.233. The highest BCUT2D eigenvalue weighted by atomic mass is 32.1. The Bertz CT molecular complexity index is 1180. The van der Waals surface area contributed by atoms with Gasteiger partial charge in [0.25, 0.3) is 11.9 Å². The van der Waals surface area contributed by atoms with Gasteiger partial charge in [-0.05, 0) is 31.4 Å². The summed E-state index contributed by atoms with van der Waals surface area (Å²) in [5, 5.41) is 9.29. The molecule has 8 nitrogen and oxygen atoms in total. The zero-order valence-corrected chi connectivity index (χ0v) is 19.3. The monoisotopic (exact) mass is 454 g/mol. The standard InChI is InChI=1S/C21H22N6O2S2/c1-13-12-31-19(24-13)14(2)26(3)20(28)15-10-23-27(17(15)11-29-4)21-22-8-7-16(25-21)18-6-5-9-30-18/h5-10,12,14H,11H2,1-4H3. The van der Waals surface area contributed by atoms with Crippen LogP contribution in [0.4, 0.5) is 0 Å². The van der Waals surface area contributed by atoms with E-state index in [1.165, 1.54) is 0 Å². The van der Waals surface area contributed by atoms with Crippen LogP contribution in [0, 0.1) is 6.92 Å². The summed E-state index contributed by atoms with van der Waals surface area (Å²) in [6.07, 6.45) is 3.24. The van der Waals surface area contributed by atoms with Gasteiger partial charge < -0.3 is 9.64 Å². The third kappa shape index (κ3) is 4.27. The lowest BCUT2D eigenvalue weighted by atomic mass is 10.2. The molecule has 0 saturated carbocycles. The molecular formula is C21H22N6O2S2. The topological polar surface area (TPSA) is 86.0 Å². The van der Waals surface area contributed by atoms with Crippen LogP contribution < -0.4 is 0 Å². The van der Waals surface area contributed by atoms with Gasteiger partial charge in [-0.15, -0.1) is 22.7 Å². The number of thiazole rings is 1. The SMILES string of the molecule is COCc1c(C(=O)N(C)C(C)c2nc(C)cs2)cnn1-c1nccc(-c2cccs2)n1. The van der Waals surface area contributed by atoms with Crippen LogP contribution in [0.15, 0.2) is 41.4 Å². The number of aromatic nitrogens is 5. The Hall–Kier alpha value is -2.95. The minimum absolute atomic E-state index is 0.159. The van der Waals surface area contributed by atoms with Gasteiger partial charge in [0.2, 0.25) is 0 Å². The molecule has 0 radical (unpaired) electrons. The summed E-state index contributed by atoms with van der Waals surface area (Å²) in [7, 11) is 3.35. The number of nitrogens with zero attached hydrogens (tertiary/aromatic N) is 6. The summed E-state index contributed by atoms with van der Waals surface area (Å²) in [4.78, 5) is 29.5. The van der Waals surface area contributed by atoms with E-state index in [2.05, 4.69) is 20.1 Å². The van der Waals surface area contributed by atoms with Crippen molar-refractivity contribution in [3.63, 3.8) is 0 Å². The van der Waals surface area contributed by atoms with Gasteiger partial charge in [-0.1, -0.05) is 6.07 Å². The molecule has 0 saturated heterocycles. The van der Waals surface area contributed by atoms with Crippen LogP contribution in [-0.4, -0.2) is 49.7 Å². The first-order valence-electron chi connectivity index (χ1n) is 9.62. The summed E-state index contributed by atoms with van der Waals surface area (Å²) >= 11 is 3.15. The van der Waals surface area contributed by atoms with E-state index >= 15 is 0 Å². The van der Waals surface area contributed by atoms with E-state index < -0.39 is 0 Å². The van der Waals surface area contributed by atoms with Gasteiger partial charge in [0, 0.05) is 31.4 Å². The lowest BCUT2D eigenvalue weighted by Gasteiger charge is -2.23. The second-order valence-electron chi connectivity index (χ2n) is 6.99. The lowest BCUT2D eigenvalue weighted by Crippen LogP contribution is -2.30. The maximum absolute atomic E-state index is 13.3. The molecule has 1 amide bonds. The average Bonchev–Trinajstić information content (AvgIpc) is 3.54. The molecule has 4 rings (SSSR count). The van der Waals surface area contributed by atoms with Crippen molar-refractivity contribution in [1.82, 2.24) is 29.6 Å². The highest BCUT2D eigenvalue weighted by molar-refractivity contribution is 7.13. The van der Waals surface area contributed by atoms with E-state index in [1.54, 1.807) is 58.8 Å². The molecule has 160 valence electrons. The zero-order valence-electron chi connectivity index (χ0n) is 17.6. The fourth-order valence-electron chi connectivity index (χ4n) is 3.11. The maximum atomic E-state index is 13.3. The van der Waals surface area contributed by atoms with Crippen LogP contribution in [0.5, 0.6) is 0 Å². The summed E-state index contributed by atoms with van der Waals surface area (Å²) < 4.78 is 6.94. The quantitative estimate of drug-likeness (QED) is 0.417. The Kier molecular flexibility index (Phi) is 6.21. The van der Waals surface area contributed by atoms with E-state index in [4.69, 9.17) is 4.74 Å². The molecule has 0 bridgehead atoms. The van der Waals surface area contributed by atoms with Crippen molar-refractivity contribution in [3.05, 3.63) is 63.3 Å². The van der Waals surface area contributed by atoms with Gasteiger partial charge in [0.15, 0.2) is 0 Å². The minimum atomic E-state index is -0.164. The van der Waals surface area contributed by atoms with Crippen LogP contribution in [-0.2, 0) is 11.3 Å². The number of amides is 1. The largest absolute Gasteiger partial charge is 0.378 e. The second kappa shape index (κ2) is 9.04. The summed E-state index contributed by atoms with van der Waals surface area (Å²) in [6.45, 7) is 4.11. The number of ether oxygens (including phenoxy) is 1. The predicted molar refractivity (Wildman–Crippen MR) is 121 cm³/mol. The van der Waals surface area contributed by atoms with E-state index in [9.17, 15) is 4.79 Å². The van der Waals surface area contributed by atoms with E-state index in [0.717, 1.165) is 21.3 Å². The smallest absolute Gasteiger partial charge is 0.257 e. The van der Waals surface area contributed by atoms with Crippen LogP contribution in [0.1, 0.15) is 39.7 Å². The van der Waals surface area contributed by atoms with Gasteiger partial charge in [0.05, 0.1) is 40.7 Å². The van der Waals surface area contributed by atoms with Crippen LogP contribution in [0.25, 0.3) is 16.5 Å². The first kappa shape index (κ1) is 21.3. The molecule has 0 aromatic carbocycles. The van der Waals surface area contributed by atoms with Crippen LogP contribution in [0.3, 0.4) is 0 Å². The Balaban J connectivity index is 1.68. The second-order valence-corrected chi connectivity index (χ2v) is 8.83. The molecule has 4 aromatic heterocycles. The van der Waals surface area contributed by atoms with Gasteiger partial charge in [-0.2, -0.15) is 9.78 Å². The molecule has 0 fully saturated rings. The van der Waals surface area contributed by atoms with Crippen molar-refractivity contribution in [1.29, 1.82) is 0 Å². The number of carbonyl (C=O) groups is 1. The molecule has 0 aliphatic heterocycles. The summed E-state index contributed by atoms with van der Waals surface area (Å²) in [5.41, 5.74) is 2.81. The molecule has 0 N–H and O–H groups in total. The van der Waals surface area contributed by atoms with Crippen molar-refractivity contribution in [2.45, 2.75) is 26.5 Å². The van der Waals surface area contributed by atoms with Crippen molar-refractivity contribution in [2.75, 3.05) is 14.2 Å². The van der Waals surface area contributed by atoms with Crippen molar-refractivity contribution in [2.24, 2.45) is 0 Å². The summed E-state index contributed by atoms with van der Waals surface area (Å²) in [6, 6.07) is 5.67. The fourth-order valence-corrected chi connectivity index (χ4v) is 4.70. The zero-order chi connectivity index (χ0) is 22.0. The number of methoxy groups -OCH3 is 1. The number of carbonyl (C=O) groups excluding carboxylic acids is 1. The van der Waals surface area contributed by atoms with Crippen molar-refractivity contribution >= 4 is 28.6 Å². The Morgan fingerprint density at radius 1 is 1.29 bits per heavy atom. The van der Waals surface area contributed by atoms with E-state index in [0.29, 0.717) is 17.2 Å². The number of rotatable bonds is 7. The molecule has 0 spiro atoms. The van der Waals surface area contributed by atoms with Crippen molar-refractivity contribution < 1.29 is 9.53 Å². The van der Waals surface area contributed by atoms with Crippen molar-refractivity contribution in [3.8, 4) is 16.5 Å². The molecule has 0 aliphatic carbocycles. The highest BCUT2D eigenvalue weighted by Gasteiger charge is 2.26. The molecule has 31 heavy (non-hydrogen) atoms. The van der Waals surface area contributed by atoms with Gasteiger partial charge in [-0.25, -0.2) is 15.0 Å². The average molecular weight is 455 g/mol. The molecule has 1 atom stereocenters. The van der Waals surface area contributed by atoms with E-state index in [1.807, 2.05) is 42.8 Å². The van der Waals surface area contributed by atoms with E-state index in [-0.39, 0.29) is 18.6 Å². The fraction of sp³-hybridized carbons (Fsp3) is 0.286. The number of hydrogen-bond acceptors (Lipinski definition) is 8. The third-order valence-corrected chi connectivity index (χ3v) is 6.91. The maximum Gasteiger partial charge on any atom is 0.257 e. The van der Waals surface area contributed by atoms with Crippen LogP contribution >= 0.6 is 22.7 Å². The Labute approximate surface area is 188 Å². The Morgan fingerprint density at radius 2 is 2.13 bits per heavy atom.